The molecule has 4 amide bonds. The van der Waals surface area contributed by atoms with Crippen LogP contribution in [0.1, 0.15) is 53.4 Å². The summed E-state index contributed by atoms with van der Waals surface area (Å²) < 4.78 is 0. The van der Waals surface area contributed by atoms with Gasteiger partial charge in [0, 0.05) is 50.1 Å². The highest BCUT2D eigenvalue weighted by molar-refractivity contribution is 8.00. The van der Waals surface area contributed by atoms with E-state index in [1.807, 2.05) is 27.7 Å². The van der Waals surface area contributed by atoms with E-state index in [0.717, 1.165) is 25.7 Å². The average molecular weight is 455 g/mol. The van der Waals surface area contributed by atoms with Gasteiger partial charge in [0.2, 0.25) is 23.6 Å². The lowest BCUT2D eigenvalue weighted by atomic mass is 10.0. The van der Waals surface area contributed by atoms with E-state index in [2.05, 4.69) is 10.6 Å². The van der Waals surface area contributed by atoms with Gasteiger partial charge in [-0.2, -0.15) is 0 Å². The van der Waals surface area contributed by atoms with E-state index >= 15 is 0 Å². The lowest BCUT2D eigenvalue weighted by molar-refractivity contribution is -0.132. The molecule has 0 bridgehead atoms. The molecule has 31 heavy (non-hydrogen) atoms. The summed E-state index contributed by atoms with van der Waals surface area (Å²) in [6.07, 6.45) is 3.51. The van der Waals surface area contributed by atoms with E-state index < -0.39 is 0 Å². The molecule has 0 aromatic rings. The van der Waals surface area contributed by atoms with Gasteiger partial charge in [-0.3, -0.25) is 19.2 Å². The van der Waals surface area contributed by atoms with Crippen molar-refractivity contribution in [2.75, 3.05) is 37.7 Å². The van der Waals surface area contributed by atoms with Gasteiger partial charge in [-0.15, -0.1) is 11.8 Å². The minimum absolute atomic E-state index is 0.00515. The molecule has 2 aliphatic rings. The minimum Gasteiger partial charge on any atom is -0.351 e. The Morgan fingerprint density at radius 2 is 1.16 bits per heavy atom. The first-order valence-electron chi connectivity index (χ1n) is 11.4. The Morgan fingerprint density at radius 3 is 1.52 bits per heavy atom. The quantitative estimate of drug-likeness (QED) is 0.575. The summed E-state index contributed by atoms with van der Waals surface area (Å²) in [4.78, 5) is 52.6. The fourth-order valence-electron chi connectivity index (χ4n) is 3.79. The molecule has 0 aliphatic carbocycles. The van der Waals surface area contributed by atoms with Crippen molar-refractivity contribution in [3.8, 4) is 0 Å². The summed E-state index contributed by atoms with van der Waals surface area (Å²) in [6.45, 7) is 9.91. The summed E-state index contributed by atoms with van der Waals surface area (Å²) in [6, 6.07) is 0.0103. The van der Waals surface area contributed by atoms with Crippen molar-refractivity contribution in [2.45, 2.75) is 65.5 Å². The van der Waals surface area contributed by atoms with E-state index in [1.54, 1.807) is 9.80 Å². The Balaban J connectivity index is 1.71. The number of thioether (sulfide) groups is 1. The van der Waals surface area contributed by atoms with Gasteiger partial charge in [0.05, 0.1) is 11.5 Å². The van der Waals surface area contributed by atoms with E-state index in [9.17, 15) is 19.2 Å². The van der Waals surface area contributed by atoms with Gasteiger partial charge in [0.15, 0.2) is 0 Å². The molecule has 176 valence electrons. The number of hydrogen-bond acceptors (Lipinski definition) is 5. The average Bonchev–Trinajstić information content (AvgIpc) is 2.73. The minimum atomic E-state index is -0.0688. The van der Waals surface area contributed by atoms with E-state index in [4.69, 9.17) is 0 Å². The molecule has 0 aromatic heterocycles. The van der Waals surface area contributed by atoms with Crippen LogP contribution >= 0.6 is 11.8 Å². The number of nitrogens with zero attached hydrogens (tertiary/aromatic N) is 2. The van der Waals surface area contributed by atoms with Gasteiger partial charge in [0.1, 0.15) is 0 Å². The number of hydrogen-bond donors (Lipinski definition) is 2. The summed E-state index contributed by atoms with van der Waals surface area (Å²) in [5, 5.41) is 6.03. The van der Waals surface area contributed by atoms with Crippen molar-refractivity contribution in [2.24, 2.45) is 11.8 Å². The number of likely N-dealkylation sites (tertiary alicyclic amines) is 2. The maximum absolute atomic E-state index is 12.6. The maximum Gasteiger partial charge on any atom is 0.232 e. The molecule has 2 fully saturated rings. The molecule has 0 saturated carbocycles. The van der Waals surface area contributed by atoms with Gasteiger partial charge in [-0.05, 0) is 25.7 Å². The lowest BCUT2D eigenvalue weighted by Gasteiger charge is -2.34. The molecule has 0 radical (unpaired) electrons. The molecular weight excluding hydrogens is 416 g/mol. The Kier molecular flexibility index (Phi) is 10.1. The first kappa shape index (κ1) is 25.5. The number of carbonyl (C=O) groups excluding carboxylic acids is 4. The van der Waals surface area contributed by atoms with Crippen molar-refractivity contribution < 1.29 is 19.2 Å². The SMILES string of the molecule is CC(C)C(=O)NC1CCCN(C(=O)CSCC(=O)N2CCCC(NC(=O)C(C)C)C2)C1. The summed E-state index contributed by atoms with van der Waals surface area (Å²) in [7, 11) is 0. The number of carbonyl (C=O) groups is 4. The van der Waals surface area contributed by atoms with Crippen molar-refractivity contribution in [3.05, 3.63) is 0 Å². The van der Waals surface area contributed by atoms with Crippen LogP contribution in [0.4, 0.5) is 0 Å². The maximum atomic E-state index is 12.6. The standard InChI is InChI=1S/C22H38N4O4S/c1-15(2)21(29)23-17-7-5-9-25(11-17)19(27)13-31-14-20(28)26-10-6-8-18(12-26)24-22(30)16(3)4/h15-18H,5-14H2,1-4H3,(H,23,29)(H,24,30). The first-order chi connectivity index (χ1) is 14.7. The van der Waals surface area contributed by atoms with Crippen molar-refractivity contribution in [3.63, 3.8) is 0 Å². The van der Waals surface area contributed by atoms with Crippen LogP contribution < -0.4 is 10.6 Å². The topological polar surface area (TPSA) is 98.8 Å². The highest BCUT2D eigenvalue weighted by Gasteiger charge is 2.27. The van der Waals surface area contributed by atoms with Crippen LogP contribution in [0.3, 0.4) is 0 Å². The van der Waals surface area contributed by atoms with Crippen LogP contribution in [0.2, 0.25) is 0 Å². The van der Waals surface area contributed by atoms with Gasteiger partial charge in [-0.1, -0.05) is 27.7 Å². The molecule has 2 rings (SSSR count). The zero-order chi connectivity index (χ0) is 23.0. The normalized spacial score (nSPS) is 21.9. The first-order valence-corrected chi connectivity index (χ1v) is 12.6. The van der Waals surface area contributed by atoms with Gasteiger partial charge < -0.3 is 20.4 Å². The molecule has 2 N–H and O–H groups in total. The zero-order valence-electron chi connectivity index (χ0n) is 19.3. The van der Waals surface area contributed by atoms with Gasteiger partial charge in [-0.25, -0.2) is 0 Å². The second kappa shape index (κ2) is 12.3. The molecular formula is C22H38N4O4S. The molecule has 2 unspecified atom stereocenters. The monoisotopic (exact) mass is 454 g/mol. The van der Waals surface area contributed by atoms with E-state index in [1.165, 1.54) is 11.8 Å². The second-order valence-corrected chi connectivity index (χ2v) is 10.2. The van der Waals surface area contributed by atoms with Crippen molar-refractivity contribution in [1.29, 1.82) is 0 Å². The Hall–Kier alpha value is -1.77. The van der Waals surface area contributed by atoms with Gasteiger partial charge in [0.25, 0.3) is 0 Å². The fourth-order valence-corrected chi connectivity index (χ4v) is 4.60. The highest BCUT2D eigenvalue weighted by Crippen LogP contribution is 2.15. The lowest BCUT2D eigenvalue weighted by Crippen LogP contribution is -2.51. The Morgan fingerprint density at radius 1 is 0.774 bits per heavy atom. The summed E-state index contributed by atoms with van der Waals surface area (Å²) >= 11 is 1.34. The Labute approximate surface area is 190 Å². The molecule has 0 aromatic carbocycles. The Bertz CT molecular complexity index is 601. The number of rotatable bonds is 8. The van der Waals surface area contributed by atoms with Gasteiger partial charge >= 0.3 is 0 Å². The highest BCUT2D eigenvalue weighted by atomic mass is 32.2. The summed E-state index contributed by atoms with van der Waals surface area (Å²) in [5.41, 5.74) is 0. The molecule has 2 saturated heterocycles. The molecule has 2 aliphatic heterocycles. The van der Waals surface area contributed by atoms with Crippen molar-refractivity contribution >= 4 is 35.4 Å². The van der Waals surface area contributed by atoms with Crippen LogP contribution in [-0.2, 0) is 19.2 Å². The number of amides is 4. The van der Waals surface area contributed by atoms with E-state index in [0.29, 0.717) is 26.2 Å². The summed E-state index contributed by atoms with van der Waals surface area (Å²) in [5.74, 6) is 0.452. The number of nitrogens with one attached hydrogen (secondary N) is 2. The van der Waals surface area contributed by atoms with Crippen LogP contribution in [0.25, 0.3) is 0 Å². The van der Waals surface area contributed by atoms with Crippen molar-refractivity contribution in [1.82, 2.24) is 20.4 Å². The molecule has 9 heteroatoms. The fraction of sp³-hybridized carbons (Fsp3) is 0.818. The third-order valence-corrected chi connectivity index (χ3v) is 6.64. The molecule has 2 heterocycles. The predicted molar refractivity (Wildman–Crippen MR) is 122 cm³/mol. The predicted octanol–water partition coefficient (Wildman–Crippen LogP) is 1.25. The van der Waals surface area contributed by atoms with Crippen LogP contribution in [0.5, 0.6) is 0 Å². The largest absolute Gasteiger partial charge is 0.351 e. The molecule has 0 spiro atoms. The molecule has 8 nitrogen and oxygen atoms in total. The molecule has 2 atom stereocenters. The number of piperidine rings is 2. The third kappa shape index (κ3) is 8.35. The third-order valence-electron chi connectivity index (χ3n) is 5.74. The smallest absolute Gasteiger partial charge is 0.232 e. The van der Waals surface area contributed by atoms with Crippen LogP contribution in [0.15, 0.2) is 0 Å². The van der Waals surface area contributed by atoms with E-state index in [-0.39, 0.29) is 59.1 Å². The second-order valence-electron chi connectivity index (χ2n) is 9.18. The van der Waals surface area contributed by atoms with Crippen LogP contribution in [0, 0.1) is 11.8 Å². The van der Waals surface area contributed by atoms with Crippen LogP contribution in [-0.4, -0.2) is 83.2 Å². The zero-order valence-corrected chi connectivity index (χ0v) is 20.1.